The molecule has 0 aliphatic heterocycles. The van der Waals surface area contributed by atoms with E-state index in [0.29, 0.717) is 24.3 Å². The summed E-state index contributed by atoms with van der Waals surface area (Å²) in [5.74, 6) is -0.946. The van der Waals surface area contributed by atoms with Gasteiger partial charge >= 0.3 is 5.97 Å². The average molecular weight is 303 g/mol. The first kappa shape index (κ1) is 15.6. The Hall–Kier alpha value is -2.83. The van der Waals surface area contributed by atoms with Gasteiger partial charge in [-0.25, -0.2) is 4.79 Å². The minimum atomic E-state index is -1.06. The molecule has 0 spiro atoms. The van der Waals surface area contributed by atoms with Crippen molar-refractivity contribution in [1.82, 2.24) is 15.1 Å². The van der Waals surface area contributed by atoms with E-state index in [1.54, 1.807) is 29.1 Å². The third-order valence-electron chi connectivity index (χ3n) is 2.92. The smallest absolute Gasteiger partial charge is 0.341 e. The number of rotatable bonds is 7. The van der Waals surface area contributed by atoms with Crippen LogP contribution in [0.1, 0.15) is 15.9 Å². The predicted octanol–water partition coefficient (Wildman–Crippen LogP) is 0.856. The third kappa shape index (κ3) is 4.62. The van der Waals surface area contributed by atoms with Gasteiger partial charge in [-0.05, 0) is 30.2 Å². The van der Waals surface area contributed by atoms with E-state index in [4.69, 9.17) is 9.84 Å². The van der Waals surface area contributed by atoms with E-state index in [1.165, 1.54) is 6.07 Å². The molecule has 7 nitrogen and oxygen atoms in total. The van der Waals surface area contributed by atoms with Crippen LogP contribution in [0.2, 0.25) is 0 Å². The van der Waals surface area contributed by atoms with Crippen LogP contribution >= 0.6 is 0 Å². The first-order valence-corrected chi connectivity index (χ1v) is 6.75. The summed E-state index contributed by atoms with van der Waals surface area (Å²) in [5.41, 5.74) is 1.47. The molecule has 0 aliphatic rings. The van der Waals surface area contributed by atoms with Gasteiger partial charge in [-0.15, -0.1) is 0 Å². The van der Waals surface area contributed by atoms with Gasteiger partial charge in [-0.3, -0.25) is 9.48 Å². The lowest BCUT2D eigenvalue weighted by molar-refractivity contribution is -0.139. The minimum Gasteiger partial charge on any atom is -0.482 e. The van der Waals surface area contributed by atoms with E-state index in [0.717, 1.165) is 5.56 Å². The maximum absolute atomic E-state index is 12.0. The lowest BCUT2D eigenvalue weighted by Crippen LogP contribution is -2.25. The van der Waals surface area contributed by atoms with Crippen molar-refractivity contribution in [3.63, 3.8) is 0 Å². The van der Waals surface area contributed by atoms with Gasteiger partial charge in [-0.1, -0.05) is 6.07 Å². The zero-order valence-corrected chi connectivity index (χ0v) is 12.2. The summed E-state index contributed by atoms with van der Waals surface area (Å²) < 4.78 is 6.75. The highest BCUT2D eigenvalue weighted by molar-refractivity contribution is 5.94. The van der Waals surface area contributed by atoms with Gasteiger partial charge in [-0.2, -0.15) is 5.10 Å². The van der Waals surface area contributed by atoms with Crippen molar-refractivity contribution in [2.24, 2.45) is 7.05 Å². The van der Waals surface area contributed by atoms with Gasteiger partial charge in [0, 0.05) is 25.4 Å². The SMILES string of the molecule is Cn1cc(CCNC(=O)c2cccc(OCC(=O)O)c2)cn1. The molecular formula is C15H17N3O4. The Morgan fingerprint density at radius 1 is 1.41 bits per heavy atom. The molecule has 0 radical (unpaired) electrons. The fourth-order valence-electron chi connectivity index (χ4n) is 1.90. The highest BCUT2D eigenvalue weighted by atomic mass is 16.5. The number of carbonyl (C=O) groups is 2. The molecule has 0 saturated carbocycles. The molecule has 22 heavy (non-hydrogen) atoms. The Bertz CT molecular complexity index is 666. The number of hydrogen-bond acceptors (Lipinski definition) is 4. The van der Waals surface area contributed by atoms with E-state index < -0.39 is 12.6 Å². The maximum Gasteiger partial charge on any atom is 0.341 e. The predicted molar refractivity (Wildman–Crippen MR) is 78.8 cm³/mol. The van der Waals surface area contributed by atoms with Crippen LogP contribution in [0.4, 0.5) is 0 Å². The number of benzene rings is 1. The summed E-state index contributed by atoms with van der Waals surface area (Å²) in [7, 11) is 1.84. The van der Waals surface area contributed by atoms with Gasteiger partial charge in [0.05, 0.1) is 6.20 Å². The Morgan fingerprint density at radius 2 is 2.23 bits per heavy atom. The van der Waals surface area contributed by atoms with Gasteiger partial charge < -0.3 is 15.2 Å². The number of aromatic nitrogens is 2. The van der Waals surface area contributed by atoms with Crippen LogP contribution < -0.4 is 10.1 Å². The molecule has 116 valence electrons. The average Bonchev–Trinajstić information content (AvgIpc) is 2.91. The van der Waals surface area contributed by atoms with Crippen LogP contribution in [0, 0.1) is 0 Å². The number of nitrogens with one attached hydrogen (secondary N) is 1. The normalized spacial score (nSPS) is 10.2. The highest BCUT2D eigenvalue weighted by Gasteiger charge is 2.07. The number of amides is 1. The fraction of sp³-hybridized carbons (Fsp3) is 0.267. The second-order valence-corrected chi connectivity index (χ2v) is 4.74. The lowest BCUT2D eigenvalue weighted by atomic mass is 10.2. The number of carboxylic acids is 1. The first-order chi connectivity index (χ1) is 10.5. The quantitative estimate of drug-likeness (QED) is 0.791. The zero-order valence-electron chi connectivity index (χ0n) is 12.2. The minimum absolute atomic E-state index is 0.232. The topological polar surface area (TPSA) is 93.5 Å². The monoisotopic (exact) mass is 303 g/mol. The van der Waals surface area contributed by atoms with Crippen molar-refractivity contribution in [3.8, 4) is 5.75 Å². The number of nitrogens with zero attached hydrogens (tertiary/aromatic N) is 2. The Balaban J connectivity index is 1.86. The molecular weight excluding hydrogens is 286 g/mol. The molecule has 1 aromatic heterocycles. The van der Waals surface area contributed by atoms with Crippen LogP contribution in [-0.4, -0.2) is 39.9 Å². The van der Waals surface area contributed by atoms with Crippen LogP contribution in [-0.2, 0) is 18.3 Å². The molecule has 0 unspecified atom stereocenters. The standard InChI is InChI=1S/C15H17N3O4/c1-18-9-11(8-17-18)5-6-16-15(21)12-3-2-4-13(7-12)22-10-14(19)20/h2-4,7-9H,5-6,10H2,1H3,(H,16,21)(H,19,20). The van der Waals surface area contributed by atoms with E-state index in [9.17, 15) is 9.59 Å². The molecule has 0 saturated heterocycles. The molecule has 1 aromatic carbocycles. The third-order valence-corrected chi connectivity index (χ3v) is 2.92. The molecule has 1 heterocycles. The second-order valence-electron chi connectivity index (χ2n) is 4.74. The van der Waals surface area contributed by atoms with Crippen LogP contribution in [0.5, 0.6) is 5.75 Å². The largest absolute Gasteiger partial charge is 0.482 e. The second kappa shape index (κ2) is 7.26. The van der Waals surface area contributed by atoms with Gasteiger partial charge in [0.25, 0.3) is 5.91 Å². The maximum atomic E-state index is 12.0. The molecule has 0 aliphatic carbocycles. The number of hydrogen-bond donors (Lipinski definition) is 2. The zero-order chi connectivity index (χ0) is 15.9. The van der Waals surface area contributed by atoms with Crippen molar-refractivity contribution in [2.75, 3.05) is 13.2 Å². The highest BCUT2D eigenvalue weighted by Crippen LogP contribution is 2.13. The van der Waals surface area contributed by atoms with Crippen LogP contribution in [0.25, 0.3) is 0 Å². The number of aryl methyl sites for hydroxylation is 1. The number of ether oxygens (including phenoxy) is 1. The van der Waals surface area contributed by atoms with Gasteiger partial charge in [0.15, 0.2) is 6.61 Å². The van der Waals surface area contributed by atoms with Crippen LogP contribution in [0.3, 0.4) is 0 Å². The van der Waals surface area contributed by atoms with E-state index >= 15 is 0 Å². The number of carboxylic acid groups (broad SMARTS) is 1. The Labute approximate surface area is 127 Å². The van der Waals surface area contributed by atoms with Crippen molar-refractivity contribution < 1.29 is 19.4 Å². The molecule has 7 heteroatoms. The van der Waals surface area contributed by atoms with Crippen molar-refractivity contribution >= 4 is 11.9 Å². The van der Waals surface area contributed by atoms with E-state index in [2.05, 4.69) is 10.4 Å². The molecule has 0 atom stereocenters. The van der Waals surface area contributed by atoms with E-state index in [1.807, 2.05) is 13.2 Å². The summed E-state index contributed by atoms with van der Waals surface area (Å²) in [4.78, 5) is 22.5. The molecule has 2 aromatic rings. The number of aliphatic carboxylic acids is 1. The summed E-state index contributed by atoms with van der Waals surface area (Å²) in [6, 6.07) is 6.41. The Kier molecular flexibility index (Phi) is 5.13. The number of carbonyl (C=O) groups excluding carboxylic acids is 1. The molecule has 1 amide bonds. The van der Waals surface area contributed by atoms with E-state index in [-0.39, 0.29) is 5.91 Å². The Morgan fingerprint density at radius 3 is 2.91 bits per heavy atom. The first-order valence-electron chi connectivity index (χ1n) is 6.75. The van der Waals surface area contributed by atoms with Gasteiger partial charge in [0.2, 0.25) is 0 Å². The van der Waals surface area contributed by atoms with Crippen LogP contribution in [0.15, 0.2) is 36.7 Å². The summed E-state index contributed by atoms with van der Waals surface area (Å²) >= 11 is 0. The molecule has 2 N–H and O–H groups in total. The fourth-order valence-corrected chi connectivity index (χ4v) is 1.90. The lowest BCUT2D eigenvalue weighted by Gasteiger charge is -2.07. The summed E-state index contributed by atoms with van der Waals surface area (Å²) in [6.07, 6.45) is 4.34. The molecule has 0 bridgehead atoms. The molecule has 2 rings (SSSR count). The van der Waals surface area contributed by atoms with Gasteiger partial charge in [0.1, 0.15) is 5.75 Å². The molecule has 0 fully saturated rings. The van der Waals surface area contributed by atoms with Crippen molar-refractivity contribution in [3.05, 3.63) is 47.8 Å². The van der Waals surface area contributed by atoms with Crippen molar-refractivity contribution in [2.45, 2.75) is 6.42 Å². The summed E-state index contributed by atoms with van der Waals surface area (Å²) in [5, 5.41) is 15.4. The summed E-state index contributed by atoms with van der Waals surface area (Å²) in [6.45, 7) is 0.0524. The van der Waals surface area contributed by atoms with Crippen molar-refractivity contribution in [1.29, 1.82) is 0 Å².